The van der Waals surface area contributed by atoms with Crippen molar-refractivity contribution in [3.05, 3.63) is 83.9 Å². The first-order valence-electron chi connectivity index (χ1n) is 11.8. The van der Waals surface area contributed by atoms with Crippen molar-refractivity contribution >= 4 is 23.5 Å². The number of hydrogen-bond donors (Lipinski definition) is 3. The van der Waals surface area contributed by atoms with Gasteiger partial charge in [0.15, 0.2) is 6.61 Å². The molecular formula is C28H29NO8. The Bertz CT molecular complexity index is 1200. The summed E-state index contributed by atoms with van der Waals surface area (Å²) in [6, 6.07) is 21.0. The van der Waals surface area contributed by atoms with Crippen molar-refractivity contribution in [2.75, 3.05) is 25.1 Å². The third kappa shape index (κ3) is 9.56. The van der Waals surface area contributed by atoms with Gasteiger partial charge < -0.3 is 29.7 Å². The second-order valence-electron chi connectivity index (χ2n) is 8.11. The Kier molecular flexibility index (Phi) is 10.3. The third-order valence-electron chi connectivity index (χ3n) is 5.21. The van der Waals surface area contributed by atoms with Crippen LogP contribution < -0.4 is 19.5 Å². The molecule has 37 heavy (non-hydrogen) atoms. The van der Waals surface area contributed by atoms with Gasteiger partial charge in [-0.25, -0.2) is 9.59 Å². The van der Waals surface area contributed by atoms with Gasteiger partial charge in [0.2, 0.25) is 5.91 Å². The molecule has 0 atom stereocenters. The smallest absolute Gasteiger partial charge is 0.341 e. The van der Waals surface area contributed by atoms with Crippen LogP contribution in [0.1, 0.15) is 35.2 Å². The van der Waals surface area contributed by atoms with E-state index in [2.05, 4.69) is 5.32 Å². The Labute approximate surface area is 214 Å². The van der Waals surface area contributed by atoms with E-state index in [1.165, 1.54) is 18.2 Å². The van der Waals surface area contributed by atoms with Crippen molar-refractivity contribution in [3.63, 3.8) is 0 Å². The first-order valence-corrected chi connectivity index (χ1v) is 11.8. The molecule has 1 amide bonds. The zero-order valence-electron chi connectivity index (χ0n) is 20.2. The number of benzene rings is 3. The van der Waals surface area contributed by atoms with Gasteiger partial charge in [-0.05, 0) is 67.3 Å². The minimum Gasteiger partial charge on any atom is -0.494 e. The Hall–Kier alpha value is -4.53. The molecule has 0 saturated heterocycles. The number of amides is 1. The molecule has 0 aromatic heterocycles. The number of aromatic carboxylic acids is 1. The van der Waals surface area contributed by atoms with Gasteiger partial charge >= 0.3 is 11.9 Å². The van der Waals surface area contributed by atoms with Crippen LogP contribution in [0, 0.1) is 0 Å². The van der Waals surface area contributed by atoms with Crippen molar-refractivity contribution in [2.45, 2.75) is 25.7 Å². The summed E-state index contributed by atoms with van der Waals surface area (Å²) in [5, 5.41) is 20.7. The zero-order valence-corrected chi connectivity index (χ0v) is 20.2. The molecule has 0 aliphatic heterocycles. The summed E-state index contributed by atoms with van der Waals surface area (Å²) < 4.78 is 16.6. The Balaban J connectivity index is 1.44. The van der Waals surface area contributed by atoms with Crippen LogP contribution in [-0.2, 0) is 16.0 Å². The van der Waals surface area contributed by atoms with Gasteiger partial charge in [0.05, 0.1) is 24.5 Å². The van der Waals surface area contributed by atoms with Crippen LogP contribution in [0.4, 0.5) is 5.69 Å². The number of rotatable bonds is 15. The van der Waals surface area contributed by atoms with Crippen LogP contribution in [0.5, 0.6) is 17.2 Å². The van der Waals surface area contributed by atoms with E-state index in [1.807, 2.05) is 54.6 Å². The molecule has 9 heteroatoms. The minimum atomic E-state index is -1.22. The molecule has 0 bridgehead atoms. The highest BCUT2D eigenvalue weighted by Crippen LogP contribution is 2.26. The van der Waals surface area contributed by atoms with Gasteiger partial charge in [0.25, 0.3) is 0 Å². The van der Waals surface area contributed by atoms with Gasteiger partial charge in [-0.15, -0.1) is 0 Å². The second-order valence-corrected chi connectivity index (χ2v) is 8.11. The molecule has 0 heterocycles. The molecule has 0 unspecified atom stereocenters. The summed E-state index contributed by atoms with van der Waals surface area (Å²) in [6.07, 6.45) is 2.30. The molecule has 0 aliphatic rings. The largest absolute Gasteiger partial charge is 0.494 e. The highest BCUT2D eigenvalue weighted by atomic mass is 16.5. The molecule has 3 aromatic carbocycles. The average molecular weight is 508 g/mol. The number of carbonyl (C=O) groups is 3. The van der Waals surface area contributed by atoms with E-state index in [4.69, 9.17) is 24.4 Å². The number of aryl methyl sites for hydroxylation is 1. The number of hydrogen-bond acceptors (Lipinski definition) is 6. The quantitative estimate of drug-likeness (QED) is 0.253. The van der Waals surface area contributed by atoms with E-state index in [0.29, 0.717) is 19.6 Å². The predicted molar refractivity (Wildman–Crippen MR) is 137 cm³/mol. The topological polar surface area (TPSA) is 131 Å². The highest BCUT2D eigenvalue weighted by molar-refractivity contribution is 5.94. The highest BCUT2D eigenvalue weighted by Gasteiger charge is 2.13. The number of nitrogens with one attached hydrogen (secondary N) is 1. The number of ether oxygens (including phenoxy) is 3. The fraction of sp³-hybridized carbons (Fsp3) is 0.250. The van der Waals surface area contributed by atoms with E-state index in [1.54, 1.807) is 0 Å². The maximum atomic E-state index is 12.5. The van der Waals surface area contributed by atoms with Gasteiger partial charge in [0, 0.05) is 6.42 Å². The maximum Gasteiger partial charge on any atom is 0.341 e. The average Bonchev–Trinajstić information content (AvgIpc) is 2.89. The minimum absolute atomic E-state index is 0.0276. The Morgan fingerprint density at radius 1 is 0.757 bits per heavy atom. The summed E-state index contributed by atoms with van der Waals surface area (Å²) in [5.41, 5.74) is 1.03. The molecule has 0 fully saturated rings. The lowest BCUT2D eigenvalue weighted by Gasteiger charge is -2.13. The summed E-state index contributed by atoms with van der Waals surface area (Å²) >= 11 is 0. The standard InChI is InChI=1S/C28H29NO8/c30-26(29-24-13-12-21(28(33)34)18-25(24)37-19-27(31)32)14-11-20-7-6-10-23(17-20)36-16-5-4-15-35-22-8-2-1-3-9-22/h1-3,6-10,12-13,17-18H,4-5,11,14-16,19H2,(H,29,30)(H,31,32)(H,33,34). The molecular weight excluding hydrogens is 478 g/mol. The molecule has 9 nitrogen and oxygen atoms in total. The Morgan fingerprint density at radius 3 is 2.16 bits per heavy atom. The molecule has 3 rings (SSSR count). The van der Waals surface area contributed by atoms with Gasteiger partial charge in [0.1, 0.15) is 17.2 Å². The summed E-state index contributed by atoms with van der Waals surface area (Å²) in [6.45, 7) is 0.497. The fourth-order valence-corrected chi connectivity index (χ4v) is 3.38. The fourth-order valence-electron chi connectivity index (χ4n) is 3.38. The van der Waals surface area contributed by atoms with Crippen LogP contribution in [0.15, 0.2) is 72.8 Å². The molecule has 3 N–H and O–H groups in total. The normalized spacial score (nSPS) is 10.4. The number of anilines is 1. The first kappa shape index (κ1) is 27.1. The molecule has 3 aromatic rings. The van der Waals surface area contributed by atoms with Gasteiger partial charge in [-0.2, -0.15) is 0 Å². The molecule has 0 spiro atoms. The monoisotopic (exact) mass is 507 g/mol. The van der Waals surface area contributed by atoms with E-state index in [9.17, 15) is 14.4 Å². The number of para-hydroxylation sites is 1. The van der Waals surface area contributed by atoms with Crippen molar-refractivity contribution in [1.82, 2.24) is 0 Å². The van der Waals surface area contributed by atoms with Crippen LogP contribution in [0.25, 0.3) is 0 Å². The van der Waals surface area contributed by atoms with Gasteiger partial charge in [-0.1, -0.05) is 30.3 Å². The molecule has 0 radical (unpaired) electrons. The lowest BCUT2D eigenvalue weighted by Crippen LogP contribution is -2.16. The summed E-state index contributed by atoms with van der Waals surface area (Å²) in [7, 11) is 0. The maximum absolute atomic E-state index is 12.5. The molecule has 0 saturated carbocycles. The zero-order chi connectivity index (χ0) is 26.5. The van der Waals surface area contributed by atoms with E-state index >= 15 is 0 Å². The Morgan fingerprint density at radius 2 is 1.46 bits per heavy atom. The van der Waals surface area contributed by atoms with Crippen LogP contribution in [0.3, 0.4) is 0 Å². The van der Waals surface area contributed by atoms with Gasteiger partial charge in [-0.3, -0.25) is 4.79 Å². The van der Waals surface area contributed by atoms with Crippen molar-refractivity contribution in [1.29, 1.82) is 0 Å². The van der Waals surface area contributed by atoms with E-state index < -0.39 is 18.5 Å². The van der Waals surface area contributed by atoms with Crippen molar-refractivity contribution in [2.24, 2.45) is 0 Å². The molecule has 194 valence electrons. The SMILES string of the molecule is O=C(O)COc1cc(C(=O)O)ccc1NC(=O)CCc1cccc(OCCCCOc2ccccc2)c1. The van der Waals surface area contributed by atoms with Crippen molar-refractivity contribution in [3.8, 4) is 17.2 Å². The van der Waals surface area contributed by atoms with Crippen molar-refractivity contribution < 1.29 is 38.8 Å². The van der Waals surface area contributed by atoms with Crippen LogP contribution >= 0.6 is 0 Å². The lowest BCUT2D eigenvalue weighted by molar-refractivity contribution is -0.139. The number of carboxylic acid groups (broad SMARTS) is 2. The predicted octanol–water partition coefficient (Wildman–Crippen LogP) is 4.66. The van der Waals surface area contributed by atoms with Crippen LogP contribution in [0.2, 0.25) is 0 Å². The lowest BCUT2D eigenvalue weighted by atomic mass is 10.1. The second kappa shape index (κ2) is 14.1. The number of aliphatic carboxylic acids is 1. The summed E-state index contributed by atoms with van der Waals surface area (Å²) in [5.74, 6) is -1.20. The number of carbonyl (C=O) groups excluding carboxylic acids is 1. The first-order chi connectivity index (χ1) is 17.9. The van der Waals surface area contributed by atoms with E-state index in [-0.39, 0.29) is 29.3 Å². The molecule has 0 aliphatic carbocycles. The summed E-state index contributed by atoms with van der Waals surface area (Å²) in [4.78, 5) is 34.5. The van der Waals surface area contributed by atoms with Crippen LogP contribution in [-0.4, -0.2) is 47.9 Å². The van der Waals surface area contributed by atoms with E-state index in [0.717, 1.165) is 29.9 Å². The number of carboxylic acids is 2. The number of unbranched alkanes of at least 4 members (excludes halogenated alkanes) is 1. The third-order valence-corrected chi connectivity index (χ3v) is 5.21.